The van der Waals surface area contributed by atoms with Crippen LogP contribution in [0.4, 0.5) is 4.79 Å². The summed E-state index contributed by atoms with van der Waals surface area (Å²) in [7, 11) is 0. The summed E-state index contributed by atoms with van der Waals surface area (Å²) >= 11 is 0. The van der Waals surface area contributed by atoms with Gasteiger partial charge in [0.05, 0.1) is 18.8 Å². The van der Waals surface area contributed by atoms with Crippen LogP contribution < -0.4 is 5.32 Å². The number of imidazole rings is 1. The molecule has 0 bridgehead atoms. The first kappa shape index (κ1) is 17.5. The molecule has 0 unspecified atom stereocenters. The summed E-state index contributed by atoms with van der Waals surface area (Å²) in [6, 6.07) is 3.63. The van der Waals surface area contributed by atoms with Gasteiger partial charge in [-0.2, -0.15) is 0 Å². The molecular formula is C20H24N4O4. The first-order valence-electron chi connectivity index (χ1n) is 9.79. The molecule has 3 atom stereocenters. The van der Waals surface area contributed by atoms with Gasteiger partial charge in [0.2, 0.25) is 0 Å². The van der Waals surface area contributed by atoms with Crippen molar-refractivity contribution < 1.29 is 19.1 Å². The van der Waals surface area contributed by atoms with Gasteiger partial charge in [0.25, 0.3) is 5.91 Å². The lowest BCUT2D eigenvalue weighted by molar-refractivity contribution is -0.171. The van der Waals surface area contributed by atoms with Crippen LogP contribution in [0.3, 0.4) is 0 Å². The largest absolute Gasteiger partial charge is 0.438 e. The molecule has 2 aromatic rings. The molecule has 148 valence electrons. The van der Waals surface area contributed by atoms with Gasteiger partial charge in [0.15, 0.2) is 5.60 Å². The maximum absolute atomic E-state index is 12.3. The summed E-state index contributed by atoms with van der Waals surface area (Å²) in [5.41, 5.74) is 1.00. The first-order chi connectivity index (χ1) is 13.5. The van der Waals surface area contributed by atoms with E-state index >= 15 is 0 Å². The minimum atomic E-state index is -0.451. The molecule has 2 saturated heterocycles. The molecule has 2 amide bonds. The van der Waals surface area contributed by atoms with E-state index in [9.17, 15) is 9.59 Å². The fraction of sp³-hybridized carbons (Fsp3) is 0.550. The number of hydrogen-bond donors (Lipinski definition) is 1. The van der Waals surface area contributed by atoms with Gasteiger partial charge in [-0.3, -0.25) is 4.79 Å². The molecule has 0 radical (unpaired) electrons. The van der Waals surface area contributed by atoms with Gasteiger partial charge < -0.3 is 24.1 Å². The van der Waals surface area contributed by atoms with Crippen LogP contribution in [0, 0.1) is 17.8 Å². The van der Waals surface area contributed by atoms with E-state index in [4.69, 9.17) is 9.47 Å². The van der Waals surface area contributed by atoms with E-state index < -0.39 is 5.60 Å². The molecule has 8 nitrogen and oxygen atoms in total. The second kappa shape index (κ2) is 6.48. The van der Waals surface area contributed by atoms with Crippen molar-refractivity contribution in [1.82, 2.24) is 19.6 Å². The van der Waals surface area contributed by atoms with Crippen molar-refractivity contribution in [1.29, 1.82) is 0 Å². The number of carbonyl (C=O) groups excluding carboxylic acids is 2. The second-order valence-corrected chi connectivity index (χ2v) is 8.36. The van der Waals surface area contributed by atoms with Crippen LogP contribution in [0.15, 0.2) is 30.7 Å². The van der Waals surface area contributed by atoms with Gasteiger partial charge in [-0.25, -0.2) is 9.78 Å². The summed E-state index contributed by atoms with van der Waals surface area (Å²) in [6.45, 7) is 5.04. The molecule has 28 heavy (non-hydrogen) atoms. The van der Waals surface area contributed by atoms with E-state index in [0.717, 1.165) is 25.2 Å². The van der Waals surface area contributed by atoms with Crippen LogP contribution >= 0.6 is 0 Å². The van der Waals surface area contributed by atoms with Gasteiger partial charge in [0, 0.05) is 38.2 Å². The minimum Gasteiger partial charge on any atom is -0.438 e. The zero-order chi connectivity index (χ0) is 19.3. The van der Waals surface area contributed by atoms with E-state index in [1.165, 1.54) is 0 Å². The lowest BCUT2D eigenvalue weighted by Gasteiger charge is -2.38. The van der Waals surface area contributed by atoms with Crippen molar-refractivity contribution in [2.24, 2.45) is 17.8 Å². The van der Waals surface area contributed by atoms with E-state index in [1.807, 2.05) is 28.5 Å². The molecule has 8 heteroatoms. The monoisotopic (exact) mass is 384 g/mol. The van der Waals surface area contributed by atoms with Gasteiger partial charge in [-0.05, 0) is 43.2 Å². The molecule has 1 saturated carbocycles. The maximum atomic E-state index is 12.3. The molecule has 2 aliphatic heterocycles. The number of rotatable bonds is 5. The highest BCUT2D eigenvalue weighted by molar-refractivity contribution is 5.94. The standard InChI is InChI=1S/C20H24N4O4/c1-20(11-27-12-20)28-19(26)24-9-15-14(16(15)10-24)4-5-22-18(25)13-2-3-17-21-6-7-23(17)8-13/h2-3,6-8,14-16H,4-5,9-12H2,1H3,(H,22,25)/t14-,15-,16+. The van der Waals surface area contributed by atoms with Crippen LogP contribution in [0.5, 0.6) is 0 Å². The van der Waals surface area contributed by atoms with E-state index in [0.29, 0.717) is 43.1 Å². The third-order valence-corrected chi connectivity index (χ3v) is 6.19. The van der Waals surface area contributed by atoms with E-state index in [-0.39, 0.29) is 12.0 Å². The van der Waals surface area contributed by atoms with Gasteiger partial charge in [0.1, 0.15) is 5.65 Å². The molecule has 2 aromatic heterocycles. The lowest BCUT2D eigenvalue weighted by atomic mass is 10.1. The zero-order valence-electron chi connectivity index (χ0n) is 15.8. The predicted octanol–water partition coefficient (Wildman–Crippen LogP) is 1.56. The molecule has 5 rings (SSSR count). The second-order valence-electron chi connectivity index (χ2n) is 8.36. The van der Waals surface area contributed by atoms with Gasteiger partial charge in [-0.1, -0.05) is 0 Å². The van der Waals surface area contributed by atoms with Crippen LogP contribution in [-0.4, -0.2) is 64.7 Å². The Morgan fingerprint density at radius 2 is 2.11 bits per heavy atom. The maximum Gasteiger partial charge on any atom is 0.410 e. The fourth-order valence-corrected chi connectivity index (χ4v) is 4.46. The van der Waals surface area contributed by atoms with Crippen molar-refractivity contribution in [2.75, 3.05) is 32.8 Å². The molecular weight excluding hydrogens is 360 g/mol. The van der Waals surface area contributed by atoms with Crippen LogP contribution in [-0.2, 0) is 9.47 Å². The van der Waals surface area contributed by atoms with E-state index in [2.05, 4.69) is 10.3 Å². The quantitative estimate of drug-likeness (QED) is 0.846. The summed E-state index contributed by atoms with van der Waals surface area (Å²) in [4.78, 5) is 30.6. The summed E-state index contributed by atoms with van der Waals surface area (Å²) in [5, 5.41) is 3.00. The smallest absolute Gasteiger partial charge is 0.410 e. The highest BCUT2D eigenvalue weighted by atomic mass is 16.6. The Morgan fingerprint density at radius 3 is 2.82 bits per heavy atom. The number of amides is 2. The molecule has 0 aromatic carbocycles. The number of fused-ring (bicyclic) bond motifs is 2. The molecule has 3 aliphatic rings. The Morgan fingerprint density at radius 1 is 1.32 bits per heavy atom. The highest BCUT2D eigenvalue weighted by Gasteiger charge is 2.56. The Labute approximate surface area is 162 Å². The topological polar surface area (TPSA) is 85.2 Å². The third kappa shape index (κ3) is 3.11. The van der Waals surface area contributed by atoms with Crippen LogP contribution in [0.2, 0.25) is 0 Å². The van der Waals surface area contributed by atoms with Crippen molar-refractivity contribution in [3.05, 3.63) is 36.3 Å². The van der Waals surface area contributed by atoms with Crippen LogP contribution in [0.25, 0.3) is 5.65 Å². The highest BCUT2D eigenvalue weighted by Crippen LogP contribution is 2.53. The normalized spacial score (nSPS) is 27.2. The number of likely N-dealkylation sites (tertiary alicyclic amines) is 1. The van der Waals surface area contributed by atoms with Crippen molar-refractivity contribution in [3.8, 4) is 0 Å². The SMILES string of the molecule is CC1(OC(=O)N2C[C@@H]3[C@@H](CCNC(=O)c4ccc5nccn5c4)[C@@H]3C2)COC1. The number of pyridine rings is 1. The average molecular weight is 384 g/mol. The van der Waals surface area contributed by atoms with Crippen molar-refractivity contribution in [3.63, 3.8) is 0 Å². The molecule has 1 N–H and O–H groups in total. The number of aromatic nitrogens is 2. The Hall–Kier alpha value is -2.61. The molecule has 0 spiro atoms. The fourth-order valence-electron chi connectivity index (χ4n) is 4.46. The third-order valence-electron chi connectivity index (χ3n) is 6.19. The van der Waals surface area contributed by atoms with Crippen molar-refractivity contribution in [2.45, 2.75) is 18.9 Å². The summed E-state index contributed by atoms with van der Waals surface area (Å²) in [6.07, 6.45) is 6.05. The zero-order valence-corrected chi connectivity index (χ0v) is 15.8. The minimum absolute atomic E-state index is 0.0671. The Kier molecular flexibility index (Phi) is 4.04. The van der Waals surface area contributed by atoms with Crippen molar-refractivity contribution >= 4 is 17.6 Å². The average Bonchev–Trinajstić information content (AvgIpc) is 3.06. The number of nitrogens with one attached hydrogen (secondary N) is 1. The number of ether oxygens (including phenoxy) is 2. The van der Waals surface area contributed by atoms with Gasteiger partial charge >= 0.3 is 6.09 Å². The Balaban J connectivity index is 1.05. The van der Waals surface area contributed by atoms with Crippen LogP contribution in [0.1, 0.15) is 23.7 Å². The number of carbonyl (C=O) groups is 2. The molecule has 4 heterocycles. The van der Waals surface area contributed by atoms with E-state index in [1.54, 1.807) is 18.5 Å². The number of hydrogen-bond acceptors (Lipinski definition) is 5. The predicted molar refractivity (Wildman–Crippen MR) is 99.9 cm³/mol. The molecule has 1 aliphatic carbocycles. The summed E-state index contributed by atoms with van der Waals surface area (Å²) in [5.74, 6) is 1.60. The number of piperidine rings is 1. The first-order valence-corrected chi connectivity index (χ1v) is 9.79. The lowest BCUT2D eigenvalue weighted by Crippen LogP contribution is -2.52. The summed E-state index contributed by atoms with van der Waals surface area (Å²) < 4.78 is 12.5. The van der Waals surface area contributed by atoms with Gasteiger partial charge in [-0.15, -0.1) is 0 Å². The molecule has 3 fully saturated rings. The number of nitrogens with zero attached hydrogens (tertiary/aromatic N) is 3. The Bertz CT molecular complexity index is 910.